The van der Waals surface area contributed by atoms with E-state index in [0.717, 1.165) is 5.69 Å². The number of hydrogen-bond donors (Lipinski definition) is 1. The summed E-state index contributed by atoms with van der Waals surface area (Å²) in [5.74, 6) is -0.210. The quantitative estimate of drug-likeness (QED) is 0.916. The molecular weight excluding hydrogens is 295 g/mol. The van der Waals surface area contributed by atoms with Crippen molar-refractivity contribution >= 4 is 40.5 Å². The number of halogens is 2. The van der Waals surface area contributed by atoms with Crippen molar-refractivity contribution in [1.82, 2.24) is 0 Å². The second-order valence-corrected chi connectivity index (χ2v) is 5.37. The summed E-state index contributed by atoms with van der Waals surface area (Å²) in [6.07, 6.45) is 0. The third-order valence-electron chi connectivity index (χ3n) is 2.80. The molecule has 0 aliphatic heterocycles. The first-order valence-electron chi connectivity index (χ1n) is 6.01. The zero-order valence-electron chi connectivity index (χ0n) is 11.2. The lowest BCUT2D eigenvalue weighted by Gasteiger charge is -2.13. The molecule has 0 saturated carbocycles. The van der Waals surface area contributed by atoms with E-state index in [1.807, 2.05) is 37.2 Å². The maximum absolute atomic E-state index is 12.2. The highest BCUT2D eigenvalue weighted by atomic mass is 35.5. The zero-order chi connectivity index (χ0) is 14.7. The van der Waals surface area contributed by atoms with E-state index >= 15 is 0 Å². The summed E-state index contributed by atoms with van der Waals surface area (Å²) in [6, 6.07) is 12.3. The van der Waals surface area contributed by atoms with Gasteiger partial charge in [-0.05, 0) is 36.4 Å². The number of anilines is 2. The van der Waals surface area contributed by atoms with Crippen LogP contribution in [-0.2, 0) is 0 Å². The maximum Gasteiger partial charge on any atom is 0.255 e. The third-order valence-corrected chi connectivity index (χ3v) is 3.35. The molecule has 0 heterocycles. The topological polar surface area (TPSA) is 32.3 Å². The van der Waals surface area contributed by atoms with Crippen LogP contribution in [0.2, 0.25) is 10.0 Å². The fourth-order valence-corrected chi connectivity index (χ4v) is 2.17. The predicted molar refractivity (Wildman–Crippen MR) is 85.2 cm³/mol. The summed E-state index contributed by atoms with van der Waals surface area (Å²) in [6.45, 7) is 0. The lowest BCUT2D eigenvalue weighted by atomic mass is 10.1. The molecule has 20 heavy (non-hydrogen) atoms. The Morgan fingerprint density at radius 1 is 1.10 bits per heavy atom. The average Bonchev–Trinajstić information content (AvgIpc) is 2.42. The van der Waals surface area contributed by atoms with Gasteiger partial charge in [-0.1, -0.05) is 29.3 Å². The van der Waals surface area contributed by atoms with Crippen molar-refractivity contribution in [3.05, 3.63) is 58.1 Å². The van der Waals surface area contributed by atoms with E-state index in [9.17, 15) is 4.79 Å². The Bertz CT molecular complexity index is 642. The number of carbonyl (C=O) groups is 1. The van der Waals surface area contributed by atoms with Crippen molar-refractivity contribution in [3.63, 3.8) is 0 Å². The molecule has 0 spiro atoms. The van der Waals surface area contributed by atoms with Gasteiger partial charge in [0, 0.05) is 30.4 Å². The van der Waals surface area contributed by atoms with Crippen molar-refractivity contribution in [3.8, 4) is 0 Å². The fraction of sp³-hybridized carbons (Fsp3) is 0.133. The molecule has 0 unspecified atom stereocenters. The van der Waals surface area contributed by atoms with Crippen LogP contribution in [0.1, 0.15) is 10.4 Å². The molecule has 0 aliphatic carbocycles. The van der Waals surface area contributed by atoms with E-state index in [-0.39, 0.29) is 5.91 Å². The minimum atomic E-state index is -0.210. The molecule has 0 saturated heterocycles. The number of hydrogen-bond acceptors (Lipinski definition) is 2. The maximum atomic E-state index is 12.2. The molecule has 0 radical (unpaired) electrons. The second-order valence-electron chi connectivity index (χ2n) is 4.52. The summed E-state index contributed by atoms with van der Waals surface area (Å²) in [5, 5.41) is 3.71. The molecule has 104 valence electrons. The van der Waals surface area contributed by atoms with Gasteiger partial charge in [-0.3, -0.25) is 4.79 Å². The van der Waals surface area contributed by atoms with E-state index < -0.39 is 0 Å². The van der Waals surface area contributed by atoms with Crippen LogP contribution < -0.4 is 10.2 Å². The van der Waals surface area contributed by atoms with Crippen molar-refractivity contribution in [1.29, 1.82) is 0 Å². The van der Waals surface area contributed by atoms with Gasteiger partial charge < -0.3 is 10.2 Å². The van der Waals surface area contributed by atoms with E-state index in [1.165, 1.54) is 0 Å². The van der Waals surface area contributed by atoms with Crippen LogP contribution >= 0.6 is 23.2 Å². The van der Waals surface area contributed by atoms with Gasteiger partial charge in [-0.25, -0.2) is 0 Å². The lowest BCUT2D eigenvalue weighted by molar-refractivity contribution is 0.102. The van der Waals surface area contributed by atoms with Gasteiger partial charge in [0.15, 0.2) is 0 Å². The van der Waals surface area contributed by atoms with E-state index in [1.54, 1.807) is 24.3 Å². The van der Waals surface area contributed by atoms with Gasteiger partial charge in [0.1, 0.15) is 0 Å². The Hall–Kier alpha value is -1.71. The van der Waals surface area contributed by atoms with Crippen LogP contribution in [0.4, 0.5) is 11.4 Å². The number of carbonyl (C=O) groups excluding carboxylic acids is 1. The minimum absolute atomic E-state index is 0.210. The van der Waals surface area contributed by atoms with Gasteiger partial charge in [0.2, 0.25) is 0 Å². The third kappa shape index (κ3) is 3.44. The molecule has 5 heteroatoms. The molecule has 0 bridgehead atoms. The molecular formula is C15H14Cl2N2O. The zero-order valence-corrected chi connectivity index (χ0v) is 12.7. The Balaban J connectivity index is 2.21. The van der Waals surface area contributed by atoms with Crippen molar-refractivity contribution in [2.24, 2.45) is 0 Å². The van der Waals surface area contributed by atoms with E-state index in [4.69, 9.17) is 23.2 Å². The van der Waals surface area contributed by atoms with Crippen molar-refractivity contribution in [2.75, 3.05) is 24.3 Å². The molecule has 0 fully saturated rings. The fourth-order valence-electron chi connectivity index (χ4n) is 1.71. The number of nitrogens with one attached hydrogen (secondary N) is 1. The molecule has 0 aromatic heterocycles. The first-order valence-corrected chi connectivity index (χ1v) is 6.77. The smallest absolute Gasteiger partial charge is 0.255 e. The standard InChI is InChI=1S/C15H14Cl2N2O/c1-19(2)12-5-3-4-10(8-12)15(20)18-14-7-6-11(16)9-13(14)17/h3-9H,1-2H3,(H,18,20). The largest absolute Gasteiger partial charge is 0.378 e. The number of rotatable bonds is 3. The minimum Gasteiger partial charge on any atom is -0.378 e. The van der Waals surface area contributed by atoms with Gasteiger partial charge in [-0.15, -0.1) is 0 Å². The number of nitrogens with zero attached hydrogens (tertiary/aromatic N) is 1. The Morgan fingerprint density at radius 2 is 1.85 bits per heavy atom. The van der Waals surface area contributed by atoms with Crippen LogP contribution in [0.3, 0.4) is 0 Å². The van der Waals surface area contributed by atoms with Gasteiger partial charge >= 0.3 is 0 Å². The Kier molecular flexibility index (Phi) is 4.53. The molecule has 2 aromatic rings. The van der Waals surface area contributed by atoms with Crippen molar-refractivity contribution in [2.45, 2.75) is 0 Å². The van der Waals surface area contributed by atoms with E-state index in [0.29, 0.717) is 21.3 Å². The summed E-state index contributed by atoms with van der Waals surface area (Å²) < 4.78 is 0. The lowest BCUT2D eigenvalue weighted by Crippen LogP contribution is -2.14. The first kappa shape index (κ1) is 14.7. The Labute approximate surface area is 128 Å². The van der Waals surface area contributed by atoms with Gasteiger partial charge in [0.05, 0.1) is 10.7 Å². The predicted octanol–water partition coefficient (Wildman–Crippen LogP) is 4.31. The highest BCUT2D eigenvalue weighted by Crippen LogP contribution is 2.26. The molecule has 1 amide bonds. The first-order chi connectivity index (χ1) is 9.47. The van der Waals surface area contributed by atoms with E-state index in [2.05, 4.69) is 5.32 Å². The molecule has 3 nitrogen and oxygen atoms in total. The number of benzene rings is 2. The summed E-state index contributed by atoms with van der Waals surface area (Å²) in [4.78, 5) is 14.1. The molecule has 0 aliphatic rings. The highest BCUT2D eigenvalue weighted by molar-refractivity contribution is 6.36. The van der Waals surface area contributed by atoms with Crippen LogP contribution in [0.15, 0.2) is 42.5 Å². The monoisotopic (exact) mass is 308 g/mol. The highest BCUT2D eigenvalue weighted by Gasteiger charge is 2.09. The summed E-state index contributed by atoms with van der Waals surface area (Å²) in [5.41, 5.74) is 2.07. The average molecular weight is 309 g/mol. The molecule has 1 N–H and O–H groups in total. The summed E-state index contributed by atoms with van der Waals surface area (Å²) >= 11 is 11.9. The normalized spacial score (nSPS) is 10.2. The van der Waals surface area contributed by atoms with Gasteiger partial charge in [0.25, 0.3) is 5.91 Å². The van der Waals surface area contributed by atoms with Crippen LogP contribution in [0.5, 0.6) is 0 Å². The molecule has 2 aromatic carbocycles. The van der Waals surface area contributed by atoms with Crippen LogP contribution in [-0.4, -0.2) is 20.0 Å². The van der Waals surface area contributed by atoms with Crippen LogP contribution in [0, 0.1) is 0 Å². The Morgan fingerprint density at radius 3 is 2.50 bits per heavy atom. The molecule has 0 atom stereocenters. The second kappa shape index (κ2) is 6.16. The SMILES string of the molecule is CN(C)c1cccc(C(=O)Nc2ccc(Cl)cc2Cl)c1. The molecule has 2 rings (SSSR count). The van der Waals surface area contributed by atoms with Crippen LogP contribution in [0.25, 0.3) is 0 Å². The summed E-state index contributed by atoms with van der Waals surface area (Å²) in [7, 11) is 3.85. The van der Waals surface area contributed by atoms with Crippen molar-refractivity contribution < 1.29 is 4.79 Å². The number of amides is 1. The van der Waals surface area contributed by atoms with Gasteiger partial charge in [-0.2, -0.15) is 0 Å².